The van der Waals surface area contributed by atoms with E-state index in [9.17, 15) is 0 Å². The van der Waals surface area contributed by atoms with E-state index in [-0.39, 0.29) is 0 Å². The molecule has 2 aromatic heterocycles. The van der Waals surface area contributed by atoms with Gasteiger partial charge in [0.2, 0.25) is 0 Å². The van der Waals surface area contributed by atoms with Crippen molar-refractivity contribution in [2.45, 2.75) is 24.4 Å². The number of benzene rings is 3. The first-order chi connectivity index (χ1) is 15.2. The lowest BCUT2D eigenvalue weighted by Crippen LogP contribution is -2.09. The molecule has 0 bridgehead atoms. The highest BCUT2D eigenvalue weighted by atomic mass is 35.5. The van der Waals surface area contributed by atoms with E-state index in [1.807, 2.05) is 55.5 Å². The second-order valence-electron chi connectivity index (χ2n) is 7.22. The van der Waals surface area contributed by atoms with Gasteiger partial charge in [0.05, 0.1) is 17.6 Å². The van der Waals surface area contributed by atoms with E-state index in [4.69, 9.17) is 11.6 Å². The predicted octanol–water partition coefficient (Wildman–Crippen LogP) is 5.92. The molecule has 0 saturated heterocycles. The smallest absolute Gasteiger partial charge is 0.196 e. The van der Waals surface area contributed by atoms with Crippen molar-refractivity contribution in [2.24, 2.45) is 0 Å². The number of nitrogens with zero attached hydrogens (tertiary/aromatic N) is 5. The molecule has 5 aromatic rings. The first-order valence-electron chi connectivity index (χ1n) is 9.98. The molecule has 0 atom stereocenters. The van der Waals surface area contributed by atoms with Gasteiger partial charge in [-0.05, 0) is 48.9 Å². The summed E-state index contributed by atoms with van der Waals surface area (Å²) >= 11 is 7.81. The zero-order valence-corrected chi connectivity index (χ0v) is 18.5. The molecular weight excluding hydrogens is 426 g/mol. The highest BCUT2D eigenvalue weighted by Gasteiger charge is 2.17. The van der Waals surface area contributed by atoms with E-state index < -0.39 is 0 Å². The van der Waals surface area contributed by atoms with E-state index in [2.05, 4.69) is 54.6 Å². The minimum absolute atomic E-state index is 0.577. The average molecular weight is 446 g/mol. The molecule has 0 unspecified atom stereocenters. The van der Waals surface area contributed by atoms with Crippen LogP contribution in [0.5, 0.6) is 0 Å². The van der Waals surface area contributed by atoms with Crippen LogP contribution in [-0.2, 0) is 12.3 Å². The summed E-state index contributed by atoms with van der Waals surface area (Å²) in [4.78, 5) is 4.69. The molecule has 0 saturated carbocycles. The number of fused-ring (bicyclic) bond motifs is 1. The highest BCUT2D eigenvalue weighted by molar-refractivity contribution is 7.98. The van der Waals surface area contributed by atoms with Crippen molar-refractivity contribution in [3.8, 4) is 5.69 Å². The first-order valence-corrected chi connectivity index (χ1v) is 11.3. The van der Waals surface area contributed by atoms with Crippen molar-refractivity contribution in [1.29, 1.82) is 0 Å². The minimum atomic E-state index is 0.577. The molecule has 3 aromatic carbocycles. The van der Waals surface area contributed by atoms with E-state index in [1.165, 1.54) is 5.56 Å². The molecule has 0 aliphatic heterocycles. The average Bonchev–Trinajstić information content (AvgIpc) is 3.34. The van der Waals surface area contributed by atoms with Gasteiger partial charge >= 0.3 is 0 Å². The molecule has 0 fully saturated rings. The Kier molecular flexibility index (Phi) is 5.49. The largest absolute Gasteiger partial charge is 0.320 e. The molecule has 0 spiro atoms. The summed E-state index contributed by atoms with van der Waals surface area (Å²) in [6, 6.07) is 26.3. The van der Waals surface area contributed by atoms with Gasteiger partial charge in [0, 0.05) is 16.5 Å². The van der Waals surface area contributed by atoms with Crippen LogP contribution in [0.1, 0.15) is 17.2 Å². The lowest BCUT2D eigenvalue weighted by Gasteiger charge is -2.12. The van der Waals surface area contributed by atoms with E-state index in [1.54, 1.807) is 11.8 Å². The van der Waals surface area contributed by atoms with Crippen molar-refractivity contribution in [2.75, 3.05) is 0 Å². The molecule has 0 N–H and O–H groups in total. The van der Waals surface area contributed by atoms with Gasteiger partial charge < -0.3 is 4.57 Å². The Labute approximate surface area is 189 Å². The second-order valence-corrected chi connectivity index (χ2v) is 8.60. The molecule has 2 heterocycles. The summed E-state index contributed by atoms with van der Waals surface area (Å²) in [5.41, 5.74) is 4.30. The fourth-order valence-corrected chi connectivity index (χ4v) is 4.66. The third-order valence-corrected chi connectivity index (χ3v) is 6.39. The molecule has 154 valence electrons. The third kappa shape index (κ3) is 4.09. The number of para-hydroxylation sites is 2. The van der Waals surface area contributed by atoms with E-state index in [0.29, 0.717) is 11.6 Å². The van der Waals surface area contributed by atoms with Crippen LogP contribution in [0.25, 0.3) is 16.7 Å². The Morgan fingerprint density at radius 1 is 0.871 bits per heavy atom. The van der Waals surface area contributed by atoms with Gasteiger partial charge in [0.1, 0.15) is 5.82 Å². The number of halogens is 1. The summed E-state index contributed by atoms with van der Waals surface area (Å²) in [5, 5.41) is 10.6. The van der Waals surface area contributed by atoms with Crippen LogP contribution in [-0.4, -0.2) is 24.3 Å². The van der Waals surface area contributed by atoms with Crippen LogP contribution in [0.15, 0.2) is 84.0 Å². The van der Waals surface area contributed by atoms with Crippen LogP contribution in [0, 0.1) is 6.92 Å². The maximum absolute atomic E-state index is 6.14. The van der Waals surface area contributed by atoms with E-state index >= 15 is 0 Å². The van der Waals surface area contributed by atoms with Gasteiger partial charge in [-0.25, -0.2) is 4.98 Å². The predicted molar refractivity (Wildman–Crippen MR) is 126 cm³/mol. The second kappa shape index (κ2) is 8.57. The van der Waals surface area contributed by atoms with Crippen molar-refractivity contribution < 1.29 is 0 Å². The van der Waals surface area contributed by atoms with Gasteiger partial charge in [-0.2, -0.15) is 0 Å². The van der Waals surface area contributed by atoms with Crippen LogP contribution >= 0.6 is 23.4 Å². The third-order valence-electron chi connectivity index (χ3n) is 5.14. The van der Waals surface area contributed by atoms with E-state index in [0.717, 1.165) is 39.3 Å². The number of thioether (sulfide) groups is 1. The highest BCUT2D eigenvalue weighted by Crippen LogP contribution is 2.27. The quantitative estimate of drug-likeness (QED) is 0.304. The fraction of sp³-hybridized carbons (Fsp3) is 0.125. The molecule has 5 nitrogen and oxygen atoms in total. The van der Waals surface area contributed by atoms with Gasteiger partial charge in [-0.1, -0.05) is 65.8 Å². The zero-order valence-electron chi connectivity index (χ0n) is 16.9. The SMILES string of the molecule is Cc1nc2ccccc2n1Cc1nnc(SCc2ccccc2)n1-c1ccc(Cl)cc1. The standard InChI is InChI=1S/C24H20ClN5S/c1-17-26-21-9-5-6-10-22(21)29(17)15-23-27-28-24(31-16-18-7-3-2-4-8-18)30(23)20-13-11-19(25)12-14-20/h2-14H,15-16H2,1H3. The normalized spacial score (nSPS) is 11.3. The Balaban J connectivity index is 1.54. The van der Waals surface area contributed by atoms with Gasteiger partial charge in [0.15, 0.2) is 11.0 Å². The lowest BCUT2D eigenvalue weighted by molar-refractivity contribution is 0.711. The molecule has 7 heteroatoms. The number of aryl methyl sites for hydroxylation is 1. The summed E-state index contributed by atoms with van der Waals surface area (Å²) in [6.45, 7) is 2.60. The van der Waals surface area contributed by atoms with Crippen LogP contribution in [0.3, 0.4) is 0 Å². The Hall–Kier alpha value is -3.09. The summed E-state index contributed by atoms with van der Waals surface area (Å²) in [7, 11) is 0. The number of hydrogen-bond acceptors (Lipinski definition) is 4. The Bertz CT molecular complexity index is 1330. The summed E-state index contributed by atoms with van der Waals surface area (Å²) in [6.07, 6.45) is 0. The monoisotopic (exact) mass is 445 g/mol. The van der Waals surface area contributed by atoms with Crippen molar-refractivity contribution in [3.63, 3.8) is 0 Å². The summed E-state index contributed by atoms with van der Waals surface area (Å²) < 4.78 is 4.29. The summed E-state index contributed by atoms with van der Waals surface area (Å²) in [5.74, 6) is 2.62. The zero-order chi connectivity index (χ0) is 21.2. The topological polar surface area (TPSA) is 48.5 Å². The maximum Gasteiger partial charge on any atom is 0.196 e. The molecule has 0 aliphatic rings. The van der Waals surface area contributed by atoms with Gasteiger partial charge in [-0.3, -0.25) is 4.57 Å². The molecule has 5 rings (SSSR count). The first kappa shape index (κ1) is 19.8. The van der Waals surface area contributed by atoms with Gasteiger partial charge in [0.25, 0.3) is 0 Å². The van der Waals surface area contributed by atoms with Crippen LogP contribution in [0.2, 0.25) is 5.02 Å². The van der Waals surface area contributed by atoms with Gasteiger partial charge in [-0.15, -0.1) is 10.2 Å². The van der Waals surface area contributed by atoms with Crippen LogP contribution < -0.4 is 0 Å². The minimum Gasteiger partial charge on any atom is -0.320 e. The van der Waals surface area contributed by atoms with Crippen molar-refractivity contribution >= 4 is 34.4 Å². The number of aromatic nitrogens is 5. The number of imidazole rings is 1. The van der Waals surface area contributed by atoms with Crippen molar-refractivity contribution in [1.82, 2.24) is 24.3 Å². The molecule has 0 aliphatic carbocycles. The fourth-order valence-electron chi connectivity index (χ4n) is 3.60. The number of rotatable bonds is 6. The number of hydrogen-bond donors (Lipinski definition) is 0. The van der Waals surface area contributed by atoms with Crippen molar-refractivity contribution in [3.05, 3.63) is 101 Å². The maximum atomic E-state index is 6.14. The molecular formula is C24H20ClN5S. The van der Waals surface area contributed by atoms with Crippen LogP contribution in [0.4, 0.5) is 0 Å². The Morgan fingerprint density at radius 3 is 2.42 bits per heavy atom. The Morgan fingerprint density at radius 2 is 1.61 bits per heavy atom. The molecule has 31 heavy (non-hydrogen) atoms. The molecule has 0 amide bonds. The lowest BCUT2D eigenvalue weighted by atomic mass is 10.2. The molecule has 0 radical (unpaired) electrons.